The Bertz CT molecular complexity index is 242. The predicted molar refractivity (Wildman–Crippen MR) is 73.6 cm³/mol. The molecule has 0 aromatic heterocycles. The van der Waals surface area contributed by atoms with Crippen LogP contribution in [0.25, 0.3) is 0 Å². The van der Waals surface area contributed by atoms with E-state index in [4.69, 9.17) is 4.74 Å². The van der Waals surface area contributed by atoms with Crippen molar-refractivity contribution in [1.29, 1.82) is 0 Å². The first kappa shape index (κ1) is 15.4. The Morgan fingerprint density at radius 3 is 2.61 bits per heavy atom. The maximum absolute atomic E-state index is 11.7. The molecule has 4 nitrogen and oxygen atoms in total. The zero-order chi connectivity index (χ0) is 13.4. The van der Waals surface area contributed by atoms with Crippen molar-refractivity contribution in [1.82, 2.24) is 10.2 Å². The average Bonchev–Trinajstić information content (AvgIpc) is 3.18. The van der Waals surface area contributed by atoms with Crippen LogP contribution in [-0.2, 0) is 9.53 Å². The highest BCUT2D eigenvalue weighted by Gasteiger charge is 2.27. The molecular formula is C14H28N2O2. The summed E-state index contributed by atoms with van der Waals surface area (Å²) < 4.78 is 5.09. The molecular weight excluding hydrogens is 228 g/mol. The van der Waals surface area contributed by atoms with Crippen LogP contribution >= 0.6 is 0 Å². The molecule has 1 atom stereocenters. The molecule has 4 heteroatoms. The Morgan fingerprint density at radius 1 is 1.39 bits per heavy atom. The summed E-state index contributed by atoms with van der Waals surface area (Å²) in [6.07, 6.45) is 4.53. The van der Waals surface area contributed by atoms with Crippen molar-refractivity contribution < 1.29 is 9.53 Å². The molecule has 0 aromatic rings. The smallest absolute Gasteiger partial charge is 0.323 e. The zero-order valence-corrected chi connectivity index (χ0v) is 12.1. The van der Waals surface area contributed by atoms with Gasteiger partial charge in [-0.05, 0) is 32.7 Å². The van der Waals surface area contributed by atoms with Gasteiger partial charge in [0.25, 0.3) is 0 Å². The van der Waals surface area contributed by atoms with Gasteiger partial charge in [-0.25, -0.2) is 0 Å². The van der Waals surface area contributed by atoms with E-state index >= 15 is 0 Å². The zero-order valence-electron chi connectivity index (χ0n) is 12.1. The number of rotatable bonds is 10. The number of nitrogens with one attached hydrogen (secondary N) is 1. The first-order valence-corrected chi connectivity index (χ1v) is 7.36. The lowest BCUT2D eigenvalue weighted by Gasteiger charge is -2.22. The monoisotopic (exact) mass is 256 g/mol. The van der Waals surface area contributed by atoms with Crippen molar-refractivity contribution in [2.45, 2.75) is 58.5 Å². The van der Waals surface area contributed by atoms with E-state index < -0.39 is 0 Å². The normalized spacial score (nSPS) is 16.9. The quantitative estimate of drug-likeness (QED) is 0.605. The van der Waals surface area contributed by atoms with E-state index in [0.29, 0.717) is 6.61 Å². The van der Waals surface area contributed by atoms with Gasteiger partial charge in [0.1, 0.15) is 6.04 Å². The molecule has 0 bridgehead atoms. The number of carbonyl (C=O) groups excluding carboxylic acids is 1. The fourth-order valence-electron chi connectivity index (χ4n) is 2.26. The van der Waals surface area contributed by atoms with Crippen molar-refractivity contribution in [2.24, 2.45) is 0 Å². The third-order valence-corrected chi connectivity index (χ3v) is 3.41. The van der Waals surface area contributed by atoms with Crippen LogP contribution in [0.3, 0.4) is 0 Å². The maximum Gasteiger partial charge on any atom is 0.323 e. The van der Waals surface area contributed by atoms with Crippen molar-refractivity contribution in [3.8, 4) is 0 Å². The summed E-state index contributed by atoms with van der Waals surface area (Å²) in [4.78, 5) is 14.2. The van der Waals surface area contributed by atoms with E-state index in [1.54, 1.807) is 0 Å². The van der Waals surface area contributed by atoms with Gasteiger partial charge in [-0.15, -0.1) is 0 Å². The molecule has 0 spiro atoms. The van der Waals surface area contributed by atoms with E-state index in [2.05, 4.69) is 24.1 Å². The average molecular weight is 256 g/mol. The van der Waals surface area contributed by atoms with E-state index in [0.717, 1.165) is 38.5 Å². The summed E-state index contributed by atoms with van der Waals surface area (Å²) in [7, 11) is 0. The van der Waals surface area contributed by atoms with E-state index in [1.807, 2.05) is 6.92 Å². The van der Waals surface area contributed by atoms with Crippen LogP contribution in [0.1, 0.15) is 46.5 Å². The number of esters is 1. The highest BCUT2D eigenvalue weighted by atomic mass is 16.5. The molecule has 1 aliphatic carbocycles. The standard InChI is InChI=1S/C14H28N2O2/c1-4-7-13(14(17)18-6-3)15-10-11-16(5-2)12-8-9-12/h12-13,15H,4-11H2,1-3H3. The summed E-state index contributed by atoms with van der Waals surface area (Å²) in [6, 6.07) is 0.664. The molecule has 0 amide bonds. The number of nitrogens with zero attached hydrogens (tertiary/aromatic N) is 1. The van der Waals surface area contributed by atoms with E-state index in [-0.39, 0.29) is 12.0 Å². The Hall–Kier alpha value is -0.610. The molecule has 1 saturated carbocycles. The molecule has 1 N–H and O–H groups in total. The summed E-state index contributed by atoms with van der Waals surface area (Å²) >= 11 is 0. The fraction of sp³-hybridized carbons (Fsp3) is 0.929. The van der Waals surface area contributed by atoms with Gasteiger partial charge in [-0.3, -0.25) is 9.69 Å². The van der Waals surface area contributed by atoms with Gasteiger partial charge in [-0.2, -0.15) is 0 Å². The van der Waals surface area contributed by atoms with Gasteiger partial charge in [0.15, 0.2) is 0 Å². The van der Waals surface area contributed by atoms with Crippen LogP contribution in [0.4, 0.5) is 0 Å². The molecule has 18 heavy (non-hydrogen) atoms. The maximum atomic E-state index is 11.7. The Kier molecular flexibility index (Phi) is 7.28. The Labute approximate surface area is 111 Å². The van der Waals surface area contributed by atoms with Crippen molar-refractivity contribution >= 4 is 5.97 Å². The second kappa shape index (κ2) is 8.48. The molecule has 1 rings (SSSR count). The molecule has 0 radical (unpaired) electrons. The summed E-state index contributed by atoms with van der Waals surface area (Å²) in [5.41, 5.74) is 0. The van der Waals surface area contributed by atoms with Crippen molar-refractivity contribution in [2.75, 3.05) is 26.2 Å². The number of likely N-dealkylation sites (N-methyl/N-ethyl adjacent to an activating group) is 1. The number of carbonyl (C=O) groups is 1. The minimum atomic E-state index is -0.132. The van der Waals surface area contributed by atoms with Gasteiger partial charge in [-0.1, -0.05) is 20.3 Å². The second-order valence-corrected chi connectivity index (χ2v) is 4.91. The number of ether oxygens (including phenoxy) is 1. The molecule has 0 aromatic carbocycles. The van der Waals surface area contributed by atoms with E-state index in [1.165, 1.54) is 12.8 Å². The first-order valence-electron chi connectivity index (χ1n) is 7.36. The minimum Gasteiger partial charge on any atom is -0.465 e. The van der Waals surface area contributed by atoms with Crippen LogP contribution in [0.2, 0.25) is 0 Å². The molecule has 1 fully saturated rings. The largest absolute Gasteiger partial charge is 0.465 e. The van der Waals surface area contributed by atoms with Gasteiger partial charge < -0.3 is 10.1 Å². The topological polar surface area (TPSA) is 41.6 Å². The van der Waals surface area contributed by atoms with Crippen LogP contribution in [0.5, 0.6) is 0 Å². The molecule has 0 saturated heterocycles. The predicted octanol–water partition coefficient (Wildman–Crippen LogP) is 1.79. The summed E-state index contributed by atoms with van der Waals surface area (Å²) in [5, 5.41) is 3.34. The van der Waals surface area contributed by atoms with Gasteiger partial charge in [0.05, 0.1) is 6.61 Å². The second-order valence-electron chi connectivity index (χ2n) is 4.91. The van der Waals surface area contributed by atoms with E-state index in [9.17, 15) is 4.79 Å². The third-order valence-electron chi connectivity index (χ3n) is 3.41. The van der Waals surface area contributed by atoms with Crippen LogP contribution < -0.4 is 5.32 Å². The molecule has 0 aliphatic heterocycles. The first-order chi connectivity index (χ1) is 8.72. The minimum absolute atomic E-state index is 0.103. The van der Waals surface area contributed by atoms with Crippen LogP contribution in [0, 0.1) is 0 Å². The van der Waals surface area contributed by atoms with Crippen molar-refractivity contribution in [3.05, 3.63) is 0 Å². The lowest BCUT2D eigenvalue weighted by Crippen LogP contribution is -2.42. The number of hydrogen-bond acceptors (Lipinski definition) is 4. The molecule has 1 aliphatic rings. The molecule has 1 unspecified atom stereocenters. The van der Waals surface area contributed by atoms with Gasteiger partial charge in [0, 0.05) is 19.1 Å². The summed E-state index contributed by atoms with van der Waals surface area (Å²) in [6.45, 7) is 9.61. The van der Waals surface area contributed by atoms with Crippen LogP contribution in [-0.4, -0.2) is 49.2 Å². The number of hydrogen-bond donors (Lipinski definition) is 1. The molecule has 0 heterocycles. The third kappa shape index (κ3) is 5.36. The molecule has 106 valence electrons. The lowest BCUT2D eigenvalue weighted by molar-refractivity contribution is -0.145. The highest BCUT2D eigenvalue weighted by molar-refractivity contribution is 5.75. The SMILES string of the molecule is CCCC(NCCN(CC)C1CC1)C(=O)OCC. The summed E-state index contributed by atoms with van der Waals surface area (Å²) in [5.74, 6) is -0.103. The van der Waals surface area contributed by atoms with Crippen LogP contribution in [0.15, 0.2) is 0 Å². The van der Waals surface area contributed by atoms with Gasteiger partial charge >= 0.3 is 5.97 Å². The lowest BCUT2D eigenvalue weighted by atomic mass is 10.1. The highest BCUT2D eigenvalue weighted by Crippen LogP contribution is 2.25. The van der Waals surface area contributed by atoms with Gasteiger partial charge in [0.2, 0.25) is 0 Å². The fourth-order valence-corrected chi connectivity index (χ4v) is 2.26. The Balaban J connectivity index is 2.25. The van der Waals surface area contributed by atoms with Crippen molar-refractivity contribution in [3.63, 3.8) is 0 Å². The Morgan fingerprint density at radius 2 is 2.11 bits per heavy atom.